The summed E-state index contributed by atoms with van der Waals surface area (Å²) >= 11 is 0. The van der Waals surface area contributed by atoms with Crippen molar-refractivity contribution in [3.8, 4) is 11.1 Å². The molecule has 0 aliphatic heterocycles. The molecule has 5 rings (SSSR count). The minimum absolute atomic E-state index is 0.0831. The van der Waals surface area contributed by atoms with Gasteiger partial charge in [0.05, 0.1) is 11.9 Å². The molecule has 28 heavy (non-hydrogen) atoms. The lowest BCUT2D eigenvalue weighted by atomic mass is 10.0. The van der Waals surface area contributed by atoms with Crippen LogP contribution in [0.2, 0.25) is 0 Å². The van der Waals surface area contributed by atoms with Gasteiger partial charge < -0.3 is 0 Å². The third kappa shape index (κ3) is 2.93. The van der Waals surface area contributed by atoms with Gasteiger partial charge in [-0.15, -0.1) is 0 Å². The van der Waals surface area contributed by atoms with Gasteiger partial charge in [-0.2, -0.15) is 0 Å². The Labute approximate surface area is 161 Å². The zero-order valence-electron chi connectivity index (χ0n) is 15.0. The number of fused-ring (bicyclic) bond motifs is 2. The van der Waals surface area contributed by atoms with Gasteiger partial charge >= 0.3 is 0 Å². The van der Waals surface area contributed by atoms with Gasteiger partial charge in [0.25, 0.3) is 5.56 Å². The molecule has 5 heteroatoms. The van der Waals surface area contributed by atoms with Crippen LogP contribution in [0.4, 0.5) is 0 Å². The van der Waals surface area contributed by atoms with E-state index in [-0.39, 0.29) is 5.56 Å². The van der Waals surface area contributed by atoms with Crippen LogP contribution in [0, 0.1) is 0 Å². The topological polar surface area (TPSA) is 60.7 Å². The predicted molar refractivity (Wildman–Crippen MR) is 110 cm³/mol. The van der Waals surface area contributed by atoms with Crippen LogP contribution in [-0.2, 0) is 6.54 Å². The van der Waals surface area contributed by atoms with E-state index in [0.29, 0.717) is 17.6 Å². The Bertz CT molecular complexity index is 1370. The molecule has 0 aliphatic rings. The van der Waals surface area contributed by atoms with Crippen LogP contribution in [0.15, 0.2) is 90.4 Å². The van der Waals surface area contributed by atoms with Crippen molar-refractivity contribution in [1.82, 2.24) is 19.5 Å². The Kier molecular flexibility index (Phi) is 3.91. The Balaban J connectivity index is 1.52. The van der Waals surface area contributed by atoms with E-state index in [2.05, 4.69) is 45.3 Å². The molecule has 0 unspecified atom stereocenters. The van der Waals surface area contributed by atoms with Gasteiger partial charge in [-0.25, -0.2) is 9.97 Å². The molecule has 0 amide bonds. The van der Waals surface area contributed by atoms with E-state index >= 15 is 0 Å². The monoisotopic (exact) mass is 364 g/mol. The van der Waals surface area contributed by atoms with Gasteiger partial charge in [0.2, 0.25) is 0 Å². The standard InChI is InChI=1S/C23H16N4O/c28-23-21-5-2-9-25-22(21)26-15-27(23)14-16-3-1-4-18(11-16)19-7-6-17-8-10-24-13-20(17)12-19/h1-13,15H,14H2. The summed E-state index contributed by atoms with van der Waals surface area (Å²) in [5.74, 6) is 0. The van der Waals surface area contributed by atoms with Gasteiger partial charge in [-0.1, -0.05) is 30.3 Å². The molecule has 0 aliphatic carbocycles. The van der Waals surface area contributed by atoms with E-state index in [4.69, 9.17) is 0 Å². The van der Waals surface area contributed by atoms with Crippen LogP contribution in [-0.4, -0.2) is 19.5 Å². The number of hydrogen-bond donors (Lipinski definition) is 0. The summed E-state index contributed by atoms with van der Waals surface area (Å²) < 4.78 is 1.62. The molecular weight excluding hydrogens is 348 g/mol. The summed E-state index contributed by atoms with van der Waals surface area (Å²) in [6.45, 7) is 0.458. The average Bonchev–Trinajstić information content (AvgIpc) is 2.76. The van der Waals surface area contributed by atoms with Crippen LogP contribution in [0.1, 0.15) is 5.56 Å². The van der Waals surface area contributed by atoms with Crippen LogP contribution in [0.3, 0.4) is 0 Å². The molecule has 3 heterocycles. The summed E-state index contributed by atoms with van der Waals surface area (Å²) in [5, 5.41) is 2.80. The molecule has 0 bridgehead atoms. The second-order valence-electron chi connectivity index (χ2n) is 6.69. The first kappa shape index (κ1) is 16.3. The van der Waals surface area contributed by atoms with Crippen molar-refractivity contribution in [2.75, 3.05) is 0 Å². The van der Waals surface area contributed by atoms with Gasteiger partial charge in [0, 0.05) is 24.0 Å². The first-order valence-corrected chi connectivity index (χ1v) is 9.01. The largest absolute Gasteiger partial charge is 0.294 e. The minimum atomic E-state index is -0.0831. The molecule has 0 fully saturated rings. The first-order chi connectivity index (χ1) is 13.8. The number of aromatic nitrogens is 4. The smallest absolute Gasteiger partial charge is 0.263 e. The molecule has 0 saturated heterocycles. The van der Waals surface area contributed by atoms with Crippen molar-refractivity contribution in [2.45, 2.75) is 6.54 Å². The van der Waals surface area contributed by atoms with E-state index < -0.39 is 0 Å². The second kappa shape index (κ2) is 6.70. The number of nitrogens with zero attached hydrogens (tertiary/aromatic N) is 4. The highest BCUT2D eigenvalue weighted by Crippen LogP contribution is 2.25. The third-order valence-corrected chi connectivity index (χ3v) is 4.85. The predicted octanol–water partition coefficient (Wildman–Crippen LogP) is 4.06. The Hall–Kier alpha value is -3.86. The first-order valence-electron chi connectivity index (χ1n) is 9.01. The fourth-order valence-corrected chi connectivity index (χ4v) is 3.42. The maximum Gasteiger partial charge on any atom is 0.263 e. The summed E-state index contributed by atoms with van der Waals surface area (Å²) in [6.07, 6.45) is 6.87. The molecule has 2 aromatic carbocycles. The second-order valence-corrected chi connectivity index (χ2v) is 6.69. The SMILES string of the molecule is O=c1c2cccnc2ncn1Cc1cccc(-c2ccc3ccncc3c2)c1. The summed E-state index contributed by atoms with van der Waals surface area (Å²) in [4.78, 5) is 25.4. The number of pyridine rings is 2. The Morgan fingerprint density at radius 2 is 1.75 bits per heavy atom. The van der Waals surface area contributed by atoms with E-state index in [1.807, 2.05) is 24.4 Å². The highest BCUT2D eigenvalue weighted by Gasteiger charge is 2.06. The van der Waals surface area contributed by atoms with Crippen molar-refractivity contribution in [2.24, 2.45) is 0 Å². The normalized spacial score (nSPS) is 11.1. The van der Waals surface area contributed by atoms with Gasteiger partial charge in [0.15, 0.2) is 5.65 Å². The molecule has 0 saturated carbocycles. The van der Waals surface area contributed by atoms with E-state index in [1.54, 1.807) is 35.4 Å². The van der Waals surface area contributed by atoms with Crippen molar-refractivity contribution in [3.63, 3.8) is 0 Å². The molecule has 5 nitrogen and oxygen atoms in total. The van der Waals surface area contributed by atoms with Gasteiger partial charge in [-0.05, 0) is 52.4 Å². The van der Waals surface area contributed by atoms with E-state index in [0.717, 1.165) is 27.5 Å². The van der Waals surface area contributed by atoms with Crippen LogP contribution < -0.4 is 5.56 Å². The molecule has 0 radical (unpaired) electrons. The molecule has 0 spiro atoms. The number of hydrogen-bond acceptors (Lipinski definition) is 4. The fourth-order valence-electron chi connectivity index (χ4n) is 3.42. The Morgan fingerprint density at radius 1 is 0.821 bits per heavy atom. The summed E-state index contributed by atoms with van der Waals surface area (Å²) in [5.41, 5.74) is 3.65. The van der Waals surface area contributed by atoms with Crippen molar-refractivity contribution < 1.29 is 0 Å². The minimum Gasteiger partial charge on any atom is -0.294 e. The zero-order chi connectivity index (χ0) is 18.9. The highest BCUT2D eigenvalue weighted by atomic mass is 16.1. The number of benzene rings is 2. The van der Waals surface area contributed by atoms with Gasteiger partial charge in [0.1, 0.15) is 6.33 Å². The van der Waals surface area contributed by atoms with Crippen LogP contribution >= 0.6 is 0 Å². The van der Waals surface area contributed by atoms with E-state index in [9.17, 15) is 4.79 Å². The third-order valence-electron chi connectivity index (χ3n) is 4.85. The highest BCUT2D eigenvalue weighted by molar-refractivity contribution is 5.86. The Morgan fingerprint density at radius 3 is 2.71 bits per heavy atom. The molecule has 0 atom stereocenters. The van der Waals surface area contributed by atoms with Crippen LogP contribution in [0.25, 0.3) is 32.9 Å². The summed E-state index contributed by atoms with van der Waals surface area (Å²) in [7, 11) is 0. The maximum atomic E-state index is 12.7. The molecule has 0 N–H and O–H groups in total. The zero-order valence-corrected chi connectivity index (χ0v) is 15.0. The average molecular weight is 364 g/mol. The van der Waals surface area contributed by atoms with Crippen molar-refractivity contribution in [1.29, 1.82) is 0 Å². The van der Waals surface area contributed by atoms with Crippen molar-refractivity contribution in [3.05, 3.63) is 101 Å². The van der Waals surface area contributed by atoms with Crippen LogP contribution in [0.5, 0.6) is 0 Å². The molecule has 5 aromatic rings. The lowest BCUT2D eigenvalue weighted by Crippen LogP contribution is -2.21. The van der Waals surface area contributed by atoms with E-state index in [1.165, 1.54) is 0 Å². The lowest BCUT2D eigenvalue weighted by Gasteiger charge is -2.09. The quantitative estimate of drug-likeness (QED) is 0.484. The fraction of sp³-hybridized carbons (Fsp3) is 0.0435. The number of rotatable bonds is 3. The summed E-state index contributed by atoms with van der Waals surface area (Å²) in [6, 6.07) is 20.1. The molecular formula is C23H16N4O. The van der Waals surface area contributed by atoms with Crippen molar-refractivity contribution >= 4 is 21.8 Å². The molecule has 3 aromatic heterocycles. The van der Waals surface area contributed by atoms with Gasteiger partial charge in [-0.3, -0.25) is 14.3 Å². The maximum absolute atomic E-state index is 12.7. The lowest BCUT2D eigenvalue weighted by molar-refractivity contribution is 0.747. The molecule has 134 valence electrons.